The average molecular weight is 354 g/mol. The fourth-order valence-corrected chi connectivity index (χ4v) is 1.75. The Kier molecular flexibility index (Phi) is 5.42. The first kappa shape index (κ1) is 18.5. The SMILES string of the molecule is CC(C)(CO)NC(=O)c1nc(CC(=O)Nc2ccc(F)cc2F)no1. The van der Waals surface area contributed by atoms with E-state index in [9.17, 15) is 18.4 Å². The van der Waals surface area contributed by atoms with Crippen LogP contribution in [-0.4, -0.2) is 39.2 Å². The largest absolute Gasteiger partial charge is 0.394 e. The van der Waals surface area contributed by atoms with Gasteiger partial charge >= 0.3 is 11.8 Å². The van der Waals surface area contributed by atoms with E-state index in [1.54, 1.807) is 13.8 Å². The van der Waals surface area contributed by atoms with Crippen LogP contribution in [0.3, 0.4) is 0 Å². The van der Waals surface area contributed by atoms with E-state index < -0.39 is 29.0 Å². The maximum Gasteiger partial charge on any atom is 0.315 e. The highest BCUT2D eigenvalue weighted by Crippen LogP contribution is 2.15. The number of anilines is 1. The van der Waals surface area contributed by atoms with Gasteiger partial charge in [-0.1, -0.05) is 5.16 Å². The summed E-state index contributed by atoms with van der Waals surface area (Å²) in [4.78, 5) is 27.5. The third-order valence-corrected chi connectivity index (χ3v) is 3.03. The highest BCUT2D eigenvalue weighted by atomic mass is 19.1. The van der Waals surface area contributed by atoms with Gasteiger partial charge in [0.15, 0.2) is 5.82 Å². The van der Waals surface area contributed by atoms with E-state index in [0.717, 1.165) is 12.1 Å². The van der Waals surface area contributed by atoms with Crippen LogP contribution in [0.25, 0.3) is 0 Å². The van der Waals surface area contributed by atoms with Crippen LogP contribution >= 0.6 is 0 Å². The molecule has 0 aliphatic carbocycles. The summed E-state index contributed by atoms with van der Waals surface area (Å²) < 4.78 is 31.0. The predicted molar refractivity (Wildman–Crippen MR) is 81.6 cm³/mol. The molecule has 0 saturated carbocycles. The first-order valence-electron chi connectivity index (χ1n) is 7.21. The lowest BCUT2D eigenvalue weighted by molar-refractivity contribution is -0.115. The van der Waals surface area contributed by atoms with Crippen LogP contribution in [0.15, 0.2) is 22.7 Å². The maximum atomic E-state index is 13.5. The van der Waals surface area contributed by atoms with E-state index in [1.165, 1.54) is 0 Å². The number of rotatable bonds is 6. The van der Waals surface area contributed by atoms with Crippen molar-refractivity contribution >= 4 is 17.5 Å². The van der Waals surface area contributed by atoms with Gasteiger partial charge in [0.1, 0.15) is 11.6 Å². The summed E-state index contributed by atoms with van der Waals surface area (Å²) in [7, 11) is 0. The third kappa shape index (κ3) is 5.05. The number of hydrogen-bond acceptors (Lipinski definition) is 6. The standard InChI is InChI=1S/C15H16F2N4O4/c1-15(2,7-22)20-13(24)14-19-11(21-25-14)6-12(23)18-10-4-3-8(16)5-9(10)17/h3-5,22H,6-7H2,1-2H3,(H,18,23)(H,20,24). The van der Waals surface area contributed by atoms with Crippen molar-refractivity contribution in [2.24, 2.45) is 0 Å². The molecule has 0 atom stereocenters. The molecule has 2 rings (SSSR count). The lowest BCUT2D eigenvalue weighted by Gasteiger charge is -2.21. The smallest absolute Gasteiger partial charge is 0.315 e. The number of aromatic nitrogens is 2. The monoisotopic (exact) mass is 354 g/mol. The van der Waals surface area contributed by atoms with Crippen LogP contribution in [0.1, 0.15) is 30.4 Å². The average Bonchev–Trinajstić information content (AvgIpc) is 2.98. The zero-order valence-electron chi connectivity index (χ0n) is 13.5. The Balaban J connectivity index is 1.98. The number of halogens is 2. The fraction of sp³-hybridized carbons (Fsp3) is 0.333. The van der Waals surface area contributed by atoms with Gasteiger partial charge < -0.3 is 20.3 Å². The Labute approximate surface area is 141 Å². The normalized spacial score (nSPS) is 11.2. The van der Waals surface area contributed by atoms with Crippen LogP contribution < -0.4 is 10.6 Å². The molecule has 0 aliphatic rings. The van der Waals surface area contributed by atoms with Gasteiger partial charge in [-0.25, -0.2) is 8.78 Å². The molecule has 3 N–H and O–H groups in total. The molecule has 1 aromatic carbocycles. The second-order valence-electron chi connectivity index (χ2n) is 5.86. The molecule has 134 valence electrons. The molecule has 8 nitrogen and oxygen atoms in total. The van der Waals surface area contributed by atoms with Gasteiger partial charge in [0.2, 0.25) is 5.91 Å². The first-order chi connectivity index (χ1) is 11.7. The summed E-state index contributed by atoms with van der Waals surface area (Å²) >= 11 is 0. The number of nitrogens with one attached hydrogen (secondary N) is 2. The molecule has 0 fully saturated rings. The van der Waals surface area contributed by atoms with E-state index in [0.29, 0.717) is 6.07 Å². The van der Waals surface area contributed by atoms with Gasteiger partial charge in [-0.15, -0.1) is 0 Å². The van der Waals surface area contributed by atoms with Crippen molar-refractivity contribution in [1.82, 2.24) is 15.5 Å². The number of hydrogen-bond donors (Lipinski definition) is 3. The van der Waals surface area contributed by atoms with Crippen molar-refractivity contribution in [3.05, 3.63) is 41.5 Å². The minimum absolute atomic E-state index is 0.0908. The molecule has 1 heterocycles. The highest BCUT2D eigenvalue weighted by molar-refractivity contribution is 5.92. The van der Waals surface area contributed by atoms with Gasteiger partial charge in [0.05, 0.1) is 24.3 Å². The molecular weight excluding hydrogens is 338 g/mol. The summed E-state index contributed by atoms with van der Waals surface area (Å²) in [5.74, 6) is -3.54. The summed E-state index contributed by atoms with van der Waals surface area (Å²) in [6.07, 6.45) is -0.378. The van der Waals surface area contributed by atoms with Gasteiger partial charge in [-0.3, -0.25) is 9.59 Å². The predicted octanol–water partition coefficient (Wildman–Crippen LogP) is 1.03. The Hall–Kier alpha value is -2.88. The van der Waals surface area contributed by atoms with Crippen molar-refractivity contribution in [2.45, 2.75) is 25.8 Å². The van der Waals surface area contributed by atoms with Gasteiger partial charge in [-0.2, -0.15) is 4.98 Å². The fourth-order valence-electron chi connectivity index (χ4n) is 1.75. The molecule has 0 bridgehead atoms. The number of carbonyl (C=O) groups excluding carboxylic acids is 2. The molecule has 25 heavy (non-hydrogen) atoms. The molecule has 10 heteroatoms. The first-order valence-corrected chi connectivity index (χ1v) is 7.21. The zero-order chi connectivity index (χ0) is 18.6. The minimum atomic E-state index is -0.923. The van der Waals surface area contributed by atoms with Crippen LogP contribution in [0, 0.1) is 11.6 Å². The summed E-state index contributed by atoms with van der Waals surface area (Å²) in [5.41, 5.74) is -1.08. The van der Waals surface area contributed by atoms with E-state index in [4.69, 9.17) is 9.63 Å². The van der Waals surface area contributed by atoms with Crippen LogP contribution in [0.5, 0.6) is 0 Å². The second-order valence-corrected chi connectivity index (χ2v) is 5.86. The number of carbonyl (C=O) groups is 2. The van der Waals surface area contributed by atoms with E-state index in [2.05, 4.69) is 20.8 Å². The van der Waals surface area contributed by atoms with Crippen molar-refractivity contribution in [3.8, 4) is 0 Å². The molecule has 0 spiro atoms. The zero-order valence-corrected chi connectivity index (χ0v) is 13.5. The van der Waals surface area contributed by atoms with E-state index >= 15 is 0 Å². The Morgan fingerprint density at radius 1 is 1.32 bits per heavy atom. The molecule has 0 radical (unpaired) electrons. The van der Waals surface area contributed by atoms with Crippen molar-refractivity contribution < 1.29 is 28.0 Å². The molecule has 2 amide bonds. The summed E-state index contributed by atoms with van der Waals surface area (Å²) in [6, 6.07) is 2.71. The third-order valence-electron chi connectivity index (χ3n) is 3.03. The Morgan fingerprint density at radius 3 is 2.68 bits per heavy atom. The van der Waals surface area contributed by atoms with Crippen LogP contribution in [0.4, 0.5) is 14.5 Å². The lowest BCUT2D eigenvalue weighted by atomic mass is 10.1. The molecular formula is C15H16F2N4O4. The van der Waals surface area contributed by atoms with Gasteiger partial charge in [0.25, 0.3) is 0 Å². The molecule has 0 aliphatic heterocycles. The van der Waals surface area contributed by atoms with E-state index in [1.807, 2.05) is 0 Å². The lowest BCUT2D eigenvalue weighted by Crippen LogP contribution is -2.46. The number of amides is 2. The van der Waals surface area contributed by atoms with Crippen molar-refractivity contribution in [3.63, 3.8) is 0 Å². The number of aliphatic hydroxyl groups is 1. The van der Waals surface area contributed by atoms with E-state index in [-0.39, 0.29) is 30.4 Å². The quantitative estimate of drug-likeness (QED) is 0.713. The molecule has 2 aromatic rings. The number of aliphatic hydroxyl groups excluding tert-OH is 1. The minimum Gasteiger partial charge on any atom is -0.394 e. The summed E-state index contributed by atoms with van der Waals surface area (Å²) in [6.45, 7) is 2.88. The molecule has 1 aromatic heterocycles. The number of benzene rings is 1. The van der Waals surface area contributed by atoms with Crippen LogP contribution in [-0.2, 0) is 11.2 Å². The number of nitrogens with zero attached hydrogens (tertiary/aromatic N) is 2. The maximum absolute atomic E-state index is 13.5. The van der Waals surface area contributed by atoms with Gasteiger partial charge in [0, 0.05) is 6.07 Å². The highest BCUT2D eigenvalue weighted by Gasteiger charge is 2.24. The second kappa shape index (κ2) is 7.34. The molecule has 0 unspecified atom stereocenters. The Bertz CT molecular complexity index is 792. The topological polar surface area (TPSA) is 117 Å². The molecule has 0 saturated heterocycles. The Morgan fingerprint density at radius 2 is 2.04 bits per heavy atom. The van der Waals surface area contributed by atoms with Crippen molar-refractivity contribution in [2.75, 3.05) is 11.9 Å². The van der Waals surface area contributed by atoms with Crippen molar-refractivity contribution in [1.29, 1.82) is 0 Å². The van der Waals surface area contributed by atoms with Gasteiger partial charge in [-0.05, 0) is 26.0 Å². The summed E-state index contributed by atoms with van der Waals surface area (Å²) in [5, 5.41) is 17.3. The van der Waals surface area contributed by atoms with Crippen LogP contribution in [0.2, 0.25) is 0 Å².